The Kier molecular flexibility index (Phi) is 6.13. The molecule has 0 saturated carbocycles. The van der Waals surface area contributed by atoms with Crippen molar-refractivity contribution in [2.75, 3.05) is 12.3 Å². The van der Waals surface area contributed by atoms with E-state index < -0.39 is 0 Å². The lowest BCUT2D eigenvalue weighted by Crippen LogP contribution is -2.18. The molecular weight excluding hydrogens is 334 g/mol. The number of hydrogen-bond donors (Lipinski definition) is 1. The molecule has 0 bridgehead atoms. The van der Waals surface area contributed by atoms with E-state index in [4.69, 9.17) is 0 Å². The predicted molar refractivity (Wildman–Crippen MR) is 89.2 cm³/mol. The van der Waals surface area contributed by atoms with Crippen molar-refractivity contribution in [3.8, 4) is 0 Å². The van der Waals surface area contributed by atoms with Gasteiger partial charge in [-0.1, -0.05) is 25.1 Å². The molecule has 1 aromatic carbocycles. The molecule has 1 N–H and O–H groups in total. The molecule has 0 aliphatic heterocycles. The van der Waals surface area contributed by atoms with Crippen LogP contribution in [0.15, 0.2) is 39.7 Å². The lowest BCUT2D eigenvalue weighted by molar-refractivity contribution is 0.639. The van der Waals surface area contributed by atoms with E-state index in [9.17, 15) is 0 Å². The summed E-state index contributed by atoms with van der Waals surface area (Å²) in [5.41, 5.74) is 2.34. The highest BCUT2D eigenvalue weighted by molar-refractivity contribution is 9.10. The highest BCUT2D eigenvalue weighted by atomic mass is 79.9. The highest BCUT2D eigenvalue weighted by Gasteiger charge is 2.11. The normalized spacial score (nSPS) is 10.9. The summed E-state index contributed by atoms with van der Waals surface area (Å²) in [5.74, 6) is 1.07. The predicted octanol–water partition coefficient (Wildman–Crippen LogP) is 3.63. The second-order valence-electron chi connectivity index (χ2n) is 4.52. The molecule has 0 spiro atoms. The zero-order valence-corrected chi connectivity index (χ0v) is 14.3. The molecule has 2 aromatic rings. The van der Waals surface area contributed by atoms with Crippen LogP contribution in [-0.2, 0) is 20.0 Å². The van der Waals surface area contributed by atoms with Crippen molar-refractivity contribution in [3.05, 3.63) is 46.2 Å². The van der Waals surface area contributed by atoms with Crippen molar-refractivity contribution < 1.29 is 0 Å². The van der Waals surface area contributed by atoms with Gasteiger partial charge < -0.3 is 5.32 Å². The van der Waals surface area contributed by atoms with Gasteiger partial charge in [-0.15, -0.1) is 11.8 Å². The Morgan fingerprint density at radius 2 is 2.05 bits per heavy atom. The van der Waals surface area contributed by atoms with E-state index in [0.717, 1.165) is 35.4 Å². The molecule has 0 aliphatic rings. The van der Waals surface area contributed by atoms with Crippen LogP contribution in [0.25, 0.3) is 0 Å². The zero-order chi connectivity index (χ0) is 14.4. The number of rotatable bonds is 7. The summed E-state index contributed by atoms with van der Waals surface area (Å²) in [7, 11) is 2.00. The largest absolute Gasteiger partial charge is 0.310 e. The fraction of sp³-hybridized carbons (Fsp3) is 0.400. The van der Waals surface area contributed by atoms with Crippen LogP contribution in [0.4, 0.5) is 0 Å². The van der Waals surface area contributed by atoms with Gasteiger partial charge in [0.2, 0.25) is 0 Å². The van der Waals surface area contributed by atoms with Gasteiger partial charge in [0.15, 0.2) is 0 Å². The molecule has 0 atom stereocenters. The van der Waals surface area contributed by atoms with Crippen molar-refractivity contribution >= 4 is 27.7 Å². The fourth-order valence-electron chi connectivity index (χ4n) is 1.98. The zero-order valence-electron chi connectivity index (χ0n) is 11.9. The van der Waals surface area contributed by atoms with Gasteiger partial charge in [0, 0.05) is 30.8 Å². The third-order valence-corrected chi connectivity index (χ3v) is 5.02. The Labute approximate surface area is 133 Å². The van der Waals surface area contributed by atoms with Crippen molar-refractivity contribution in [1.29, 1.82) is 0 Å². The number of benzene rings is 1. The monoisotopic (exact) mass is 353 g/mol. The van der Waals surface area contributed by atoms with Crippen molar-refractivity contribution in [1.82, 2.24) is 15.1 Å². The molecule has 1 heterocycles. The standard InChI is InChI=1S/C15H20BrN3S/c1-3-13-15(16)14(19(2)18-13)11-17-9-10-20-12-7-5-4-6-8-12/h4-8,17H,3,9-11H2,1-2H3. The van der Waals surface area contributed by atoms with Gasteiger partial charge in [0.05, 0.1) is 15.9 Å². The Bertz CT molecular complexity index is 540. The highest BCUT2D eigenvalue weighted by Crippen LogP contribution is 2.21. The first-order valence-corrected chi connectivity index (χ1v) is 8.59. The molecule has 0 radical (unpaired) electrons. The Balaban J connectivity index is 1.75. The fourth-order valence-corrected chi connectivity index (χ4v) is 3.56. The second-order valence-corrected chi connectivity index (χ2v) is 6.48. The molecule has 3 nitrogen and oxygen atoms in total. The number of nitrogens with one attached hydrogen (secondary N) is 1. The molecule has 2 rings (SSSR count). The smallest absolute Gasteiger partial charge is 0.0767 e. The Hall–Kier alpha value is -0.780. The van der Waals surface area contributed by atoms with E-state index in [-0.39, 0.29) is 0 Å². The summed E-state index contributed by atoms with van der Waals surface area (Å²) < 4.78 is 3.10. The first-order valence-electron chi connectivity index (χ1n) is 6.81. The lowest BCUT2D eigenvalue weighted by atomic mass is 10.3. The van der Waals surface area contributed by atoms with Gasteiger partial charge in [0.1, 0.15) is 0 Å². The summed E-state index contributed by atoms with van der Waals surface area (Å²) in [6, 6.07) is 10.5. The van der Waals surface area contributed by atoms with Gasteiger partial charge in [-0.25, -0.2) is 0 Å². The van der Waals surface area contributed by atoms with E-state index in [1.807, 2.05) is 29.6 Å². The van der Waals surface area contributed by atoms with Crippen LogP contribution in [0.5, 0.6) is 0 Å². The third-order valence-electron chi connectivity index (χ3n) is 3.09. The molecule has 20 heavy (non-hydrogen) atoms. The Morgan fingerprint density at radius 1 is 1.30 bits per heavy atom. The average molecular weight is 354 g/mol. The molecule has 0 saturated heterocycles. The minimum absolute atomic E-state index is 0.847. The molecule has 1 aromatic heterocycles. The van der Waals surface area contributed by atoms with E-state index in [0.29, 0.717) is 0 Å². The van der Waals surface area contributed by atoms with Crippen LogP contribution in [0.1, 0.15) is 18.3 Å². The maximum absolute atomic E-state index is 4.50. The number of aryl methyl sites for hydroxylation is 2. The third kappa shape index (κ3) is 4.11. The maximum atomic E-state index is 4.50. The van der Waals surface area contributed by atoms with Gasteiger partial charge in [0.25, 0.3) is 0 Å². The molecule has 0 unspecified atom stereocenters. The van der Waals surface area contributed by atoms with E-state index in [1.54, 1.807) is 0 Å². The summed E-state index contributed by atoms with van der Waals surface area (Å²) in [6.07, 6.45) is 0.957. The quantitative estimate of drug-likeness (QED) is 0.608. The lowest BCUT2D eigenvalue weighted by Gasteiger charge is -2.06. The van der Waals surface area contributed by atoms with Crippen molar-refractivity contribution in [3.63, 3.8) is 0 Å². The molecule has 0 fully saturated rings. The second kappa shape index (κ2) is 7.86. The number of hydrogen-bond acceptors (Lipinski definition) is 3. The van der Waals surface area contributed by atoms with Crippen LogP contribution >= 0.6 is 27.7 Å². The molecule has 108 valence electrons. The van der Waals surface area contributed by atoms with Crippen LogP contribution in [-0.4, -0.2) is 22.1 Å². The van der Waals surface area contributed by atoms with E-state index in [1.165, 1.54) is 10.6 Å². The summed E-state index contributed by atoms with van der Waals surface area (Å²) >= 11 is 5.52. The SMILES string of the molecule is CCc1nn(C)c(CNCCSc2ccccc2)c1Br. The van der Waals surface area contributed by atoms with Crippen molar-refractivity contribution in [2.45, 2.75) is 24.8 Å². The van der Waals surface area contributed by atoms with Crippen LogP contribution in [0.3, 0.4) is 0 Å². The van der Waals surface area contributed by atoms with Crippen LogP contribution < -0.4 is 5.32 Å². The van der Waals surface area contributed by atoms with Crippen LogP contribution in [0.2, 0.25) is 0 Å². The molecule has 0 aliphatic carbocycles. The average Bonchev–Trinajstić information content (AvgIpc) is 2.75. The molecule has 5 heteroatoms. The number of nitrogens with zero attached hydrogens (tertiary/aromatic N) is 2. The first kappa shape index (κ1) is 15.6. The number of aromatic nitrogens is 2. The van der Waals surface area contributed by atoms with Crippen molar-refractivity contribution in [2.24, 2.45) is 7.05 Å². The van der Waals surface area contributed by atoms with Crippen LogP contribution in [0, 0.1) is 0 Å². The van der Waals surface area contributed by atoms with Gasteiger partial charge in [-0.2, -0.15) is 5.10 Å². The summed E-state index contributed by atoms with van der Waals surface area (Å²) in [5, 5.41) is 7.98. The van der Waals surface area contributed by atoms with E-state index in [2.05, 4.69) is 57.5 Å². The number of thioether (sulfide) groups is 1. The topological polar surface area (TPSA) is 29.9 Å². The van der Waals surface area contributed by atoms with Gasteiger partial charge in [-0.05, 0) is 34.5 Å². The van der Waals surface area contributed by atoms with Gasteiger partial charge >= 0.3 is 0 Å². The minimum atomic E-state index is 0.847. The molecule has 0 amide bonds. The molecular formula is C15H20BrN3S. The summed E-state index contributed by atoms with van der Waals surface area (Å²) in [6.45, 7) is 3.96. The first-order chi connectivity index (χ1) is 9.72. The van der Waals surface area contributed by atoms with E-state index >= 15 is 0 Å². The number of halogens is 1. The van der Waals surface area contributed by atoms with Gasteiger partial charge in [-0.3, -0.25) is 4.68 Å². The Morgan fingerprint density at radius 3 is 2.70 bits per heavy atom. The minimum Gasteiger partial charge on any atom is -0.310 e. The maximum Gasteiger partial charge on any atom is 0.0767 e. The summed E-state index contributed by atoms with van der Waals surface area (Å²) in [4.78, 5) is 1.32.